The van der Waals surface area contributed by atoms with Crippen molar-refractivity contribution in [3.8, 4) is 5.75 Å². The first-order chi connectivity index (χ1) is 8.30. The topological polar surface area (TPSA) is 26.3 Å². The number of benzene rings is 1. The van der Waals surface area contributed by atoms with Crippen molar-refractivity contribution in [1.29, 1.82) is 0 Å². The summed E-state index contributed by atoms with van der Waals surface area (Å²) in [4.78, 5) is 11.7. The van der Waals surface area contributed by atoms with Crippen LogP contribution in [0.1, 0.15) is 18.4 Å². The van der Waals surface area contributed by atoms with E-state index in [1.807, 2.05) is 24.3 Å². The van der Waals surface area contributed by atoms with Gasteiger partial charge in [-0.05, 0) is 30.7 Å². The highest BCUT2D eigenvalue weighted by Crippen LogP contribution is 2.54. The molecule has 3 atom stereocenters. The van der Waals surface area contributed by atoms with Gasteiger partial charge < -0.3 is 9.53 Å². The highest BCUT2D eigenvalue weighted by molar-refractivity contribution is 5.73. The van der Waals surface area contributed by atoms with Crippen LogP contribution in [0.25, 0.3) is 0 Å². The molecule has 2 aliphatic carbocycles. The molecule has 2 nitrogen and oxygen atoms in total. The Labute approximate surface area is 101 Å². The molecule has 88 valence electrons. The van der Waals surface area contributed by atoms with Gasteiger partial charge in [0.1, 0.15) is 12.0 Å². The summed E-state index contributed by atoms with van der Waals surface area (Å²) in [6.45, 7) is 0. The van der Waals surface area contributed by atoms with Crippen LogP contribution in [0.5, 0.6) is 5.75 Å². The van der Waals surface area contributed by atoms with E-state index in [2.05, 4.69) is 12.2 Å². The van der Waals surface area contributed by atoms with E-state index < -0.39 is 0 Å². The number of ether oxygens (including phenoxy) is 1. The van der Waals surface area contributed by atoms with Crippen molar-refractivity contribution in [2.45, 2.75) is 18.3 Å². The lowest BCUT2D eigenvalue weighted by atomic mass is 9.71. The number of carbonyl (C=O) groups is 1. The maximum absolute atomic E-state index is 11.7. The van der Waals surface area contributed by atoms with Crippen LogP contribution in [-0.2, 0) is 10.2 Å². The predicted octanol–water partition coefficient (Wildman–Crippen LogP) is 2.73. The fourth-order valence-electron chi connectivity index (χ4n) is 3.43. The van der Waals surface area contributed by atoms with Crippen LogP contribution in [0, 0.1) is 11.8 Å². The molecule has 0 heterocycles. The number of allylic oxidation sites excluding steroid dienone is 2. The number of hydrogen-bond acceptors (Lipinski definition) is 2. The summed E-state index contributed by atoms with van der Waals surface area (Å²) >= 11 is 0. The monoisotopic (exact) mass is 228 g/mol. The van der Waals surface area contributed by atoms with E-state index in [4.69, 9.17) is 4.74 Å². The molecule has 0 saturated heterocycles. The van der Waals surface area contributed by atoms with Crippen LogP contribution in [0.15, 0.2) is 36.4 Å². The molecule has 0 aliphatic heterocycles. The van der Waals surface area contributed by atoms with Crippen molar-refractivity contribution >= 4 is 6.29 Å². The maximum atomic E-state index is 11.7. The number of fused-ring (bicyclic) bond motifs is 2. The number of hydrogen-bond donors (Lipinski definition) is 0. The van der Waals surface area contributed by atoms with E-state index in [1.165, 1.54) is 0 Å². The van der Waals surface area contributed by atoms with Crippen molar-refractivity contribution in [3.05, 3.63) is 42.0 Å². The molecule has 1 fully saturated rings. The molecule has 2 aliphatic rings. The quantitative estimate of drug-likeness (QED) is 0.587. The lowest BCUT2D eigenvalue weighted by molar-refractivity contribution is -0.113. The number of aldehydes is 1. The number of methoxy groups -OCH3 is 1. The van der Waals surface area contributed by atoms with Crippen molar-refractivity contribution in [2.75, 3.05) is 7.11 Å². The smallest absolute Gasteiger partial charge is 0.131 e. The van der Waals surface area contributed by atoms with E-state index >= 15 is 0 Å². The summed E-state index contributed by atoms with van der Waals surface area (Å²) in [6, 6.07) is 7.90. The van der Waals surface area contributed by atoms with Gasteiger partial charge in [-0.15, -0.1) is 0 Å². The minimum atomic E-state index is -0.355. The predicted molar refractivity (Wildman–Crippen MR) is 66.1 cm³/mol. The van der Waals surface area contributed by atoms with Crippen LogP contribution >= 0.6 is 0 Å². The second-order valence-electron chi connectivity index (χ2n) is 5.05. The molecule has 1 aromatic rings. The molecule has 1 aromatic carbocycles. The highest BCUT2D eigenvalue weighted by Gasteiger charge is 2.50. The number of carbonyl (C=O) groups excluding carboxylic acids is 1. The summed E-state index contributed by atoms with van der Waals surface area (Å²) in [5.41, 5.74) is 0.695. The summed E-state index contributed by atoms with van der Waals surface area (Å²) < 4.78 is 5.41. The fraction of sp³-hybridized carbons (Fsp3) is 0.400. The van der Waals surface area contributed by atoms with E-state index in [1.54, 1.807) is 7.11 Å². The Bertz CT molecular complexity index is 478. The first-order valence-electron chi connectivity index (χ1n) is 6.08. The van der Waals surface area contributed by atoms with Gasteiger partial charge in [0.2, 0.25) is 0 Å². The molecule has 2 heteroatoms. The lowest BCUT2D eigenvalue weighted by Crippen LogP contribution is -2.33. The summed E-state index contributed by atoms with van der Waals surface area (Å²) in [5, 5.41) is 0. The molecule has 1 saturated carbocycles. The average molecular weight is 228 g/mol. The maximum Gasteiger partial charge on any atom is 0.131 e. The van der Waals surface area contributed by atoms with Gasteiger partial charge in [-0.1, -0.05) is 30.4 Å². The molecule has 0 unspecified atom stereocenters. The van der Waals surface area contributed by atoms with E-state index in [-0.39, 0.29) is 5.41 Å². The molecule has 3 rings (SSSR count). The van der Waals surface area contributed by atoms with Crippen LogP contribution in [0.4, 0.5) is 0 Å². The zero-order valence-electron chi connectivity index (χ0n) is 9.93. The molecule has 0 spiro atoms. The highest BCUT2D eigenvalue weighted by atomic mass is 16.5. The van der Waals surface area contributed by atoms with Crippen LogP contribution < -0.4 is 4.74 Å². The normalized spacial score (nSPS) is 33.9. The van der Waals surface area contributed by atoms with Gasteiger partial charge in [0, 0.05) is 5.56 Å². The van der Waals surface area contributed by atoms with Crippen LogP contribution in [-0.4, -0.2) is 13.4 Å². The SMILES string of the molecule is COc1ccccc1[C@]1(C=O)C[C@H]2C=C[C@@H]1C2. The third-order valence-electron chi connectivity index (χ3n) is 4.25. The molecular formula is C15H16O2. The molecule has 0 N–H and O–H groups in total. The third kappa shape index (κ3) is 1.36. The van der Waals surface area contributed by atoms with Gasteiger partial charge in [-0.2, -0.15) is 0 Å². The second-order valence-corrected chi connectivity index (χ2v) is 5.05. The minimum Gasteiger partial charge on any atom is -0.496 e. The zero-order chi connectivity index (χ0) is 11.9. The first-order valence-corrected chi connectivity index (χ1v) is 6.08. The van der Waals surface area contributed by atoms with Crippen LogP contribution in [0.2, 0.25) is 0 Å². The van der Waals surface area contributed by atoms with Gasteiger partial charge in [0.25, 0.3) is 0 Å². The van der Waals surface area contributed by atoms with Crippen LogP contribution in [0.3, 0.4) is 0 Å². The van der Waals surface area contributed by atoms with E-state index in [0.29, 0.717) is 11.8 Å². The van der Waals surface area contributed by atoms with E-state index in [0.717, 1.165) is 30.4 Å². The Morgan fingerprint density at radius 1 is 1.35 bits per heavy atom. The van der Waals surface area contributed by atoms with Crippen molar-refractivity contribution in [1.82, 2.24) is 0 Å². The number of para-hydroxylation sites is 1. The van der Waals surface area contributed by atoms with Gasteiger partial charge >= 0.3 is 0 Å². The first kappa shape index (κ1) is 10.6. The summed E-state index contributed by atoms with van der Waals surface area (Å²) in [6.07, 6.45) is 7.63. The Hall–Kier alpha value is -1.57. The Kier molecular flexibility index (Phi) is 2.32. The molecular weight excluding hydrogens is 212 g/mol. The van der Waals surface area contributed by atoms with Gasteiger partial charge in [-0.25, -0.2) is 0 Å². The summed E-state index contributed by atoms with van der Waals surface area (Å²) in [5.74, 6) is 1.75. The van der Waals surface area contributed by atoms with Gasteiger partial charge in [0.15, 0.2) is 0 Å². The number of rotatable bonds is 3. The average Bonchev–Trinajstić information content (AvgIpc) is 2.99. The summed E-state index contributed by atoms with van der Waals surface area (Å²) in [7, 11) is 1.67. The molecule has 0 radical (unpaired) electrons. The van der Waals surface area contributed by atoms with Crippen molar-refractivity contribution in [2.24, 2.45) is 11.8 Å². The minimum absolute atomic E-state index is 0.348. The Balaban J connectivity index is 2.12. The molecule has 2 bridgehead atoms. The molecule has 0 amide bonds. The fourth-order valence-corrected chi connectivity index (χ4v) is 3.43. The molecule has 0 aromatic heterocycles. The van der Waals surface area contributed by atoms with Gasteiger partial charge in [0.05, 0.1) is 12.5 Å². The Morgan fingerprint density at radius 3 is 2.76 bits per heavy atom. The molecule has 17 heavy (non-hydrogen) atoms. The third-order valence-corrected chi connectivity index (χ3v) is 4.25. The lowest BCUT2D eigenvalue weighted by Gasteiger charge is -2.31. The van der Waals surface area contributed by atoms with Crippen molar-refractivity contribution in [3.63, 3.8) is 0 Å². The second kappa shape index (κ2) is 3.73. The Morgan fingerprint density at radius 2 is 2.18 bits per heavy atom. The van der Waals surface area contributed by atoms with Crippen molar-refractivity contribution < 1.29 is 9.53 Å². The van der Waals surface area contributed by atoms with Gasteiger partial charge in [-0.3, -0.25) is 0 Å². The van der Waals surface area contributed by atoms with E-state index in [9.17, 15) is 4.79 Å². The standard InChI is InChI=1S/C15H16O2/c1-17-14-5-3-2-4-13(14)15(10-16)9-11-6-7-12(15)8-11/h2-7,10-12H,8-9H2,1H3/t11-,12+,15-/m0/s1. The largest absolute Gasteiger partial charge is 0.496 e. The zero-order valence-corrected chi connectivity index (χ0v) is 9.93.